The molecule has 0 amide bonds. The molecule has 4 nitrogen and oxygen atoms in total. The average Bonchev–Trinajstić information content (AvgIpc) is 2.83. The molecule has 1 fully saturated rings. The van der Waals surface area contributed by atoms with Crippen LogP contribution in [0.15, 0.2) is 24.3 Å². The second kappa shape index (κ2) is 4.88. The molecule has 0 atom stereocenters. The summed E-state index contributed by atoms with van der Waals surface area (Å²) < 4.78 is 1.73. The van der Waals surface area contributed by atoms with Crippen LogP contribution in [0.5, 0.6) is 0 Å². The van der Waals surface area contributed by atoms with Crippen LogP contribution in [0, 0.1) is 5.92 Å². The summed E-state index contributed by atoms with van der Waals surface area (Å²) in [6.07, 6.45) is 5.75. The summed E-state index contributed by atoms with van der Waals surface area (Å²) in [5.74, 6) is 0.548. The first kappa shape index (κ1) is 11.4. The normalized spacial score (nSPS) is 17.1. The zero-order valence-corrected chi connectivity index (χ0v) is 10.4. The summed E-state index contributed by atoms with van der Waals surface area (Å²) in [7, 11) is 0. The summed E-state index contributed by atoms with van der Waals surface area (Å²) in [6, 6.07) is 7.77. The smallest absolute Gasteiger partial charge is 0.157 e. The lowest BCUT2D eigenvalue weighted by Crippen LogP contribution is -2.22. The van der Waals surface area contributed by atoms with Crippen molar-refractivity contribution < 1.29 is 4.79 Å². The van der Waals surface area contributed by atoms with Crippen molar-refractivity contribution >= 4 is 16.8 Å². The highest BCUT2D eigenvalue weighted by Gasteiger charge is 2.21. The minimum Gasteiger partial charge on any atom is -0.297 e. The van der Waals surface area contributed by atoms with Gasteiger partial charge in [-0.15, -0.1) is 5.10 Å². The maximum Gasteiger partial charge on any atom is 0.157 e. The maximum absolute atomic E-state index is 12.2. The Morgan fingerprint density at radius 3 is 2.83 bits per heavy atom. The van der Waals surface area contributed by atoms with Crippen molar-refractivity contribution in [1.82, 2.24) is 15.0 Å². The van der Waals surface area contributed by atoms with Crippen LogP contribution in [0.3, 0.4) is 0 Å². The molecule has 1 aromatic heterocycles. The molecule has 0 unspecified atom stereocenters. The number of benzene rings is 1. The Kier molecular flexibility index (Phi) is 3.09. The summed E-state index contributed by atoms with van der Waals surface area (Å²) in [6.45, 7) is 0.366. The number of carbonyl (C=O) groups excluding carboxylic acids is 1. The van der Waals surface area contributed by atoms with Gasteiger partial charge in [-0.05, 0) is 25.0 Å². The Morgan fingerprint density at radius 1 is 1.22 bits per heavy atom. The minimum absolute atomic E-state index is 0.238. The number of fused-ring (bicyclic) bond motifs is 1. The zero-order valence-electron chi connectivity index (χ0n) is 10.4. The lowest BCUT2D eigenvalue weighted by molar-refractivity contribution is -0.124. The molecule has 1 saturated carbocycles. The van der Waals surface area contributed by atoms with Gasteiger partial charge in [0.2, 0.25) is 0 Å². The number of ketones is 1. The van der Waals surface area contributed by atoms with Crippen LogP contribution in [0.25, 0.3) is 11.0 Å². The Morgan fingerprint density at radius 2 is 2.00 bits per heavy atom. The van der Waals surface area contributed by atoms with Crippen LogP contribution in [0.2, 0.25) is 0 Å². The lowest BCUT2D eigenvalue weighted by Gasteiger charge is -2.20. The summed E-state index contributed by atoms with van der Waals surface area (Å²) in [5.41, 5.74) is 1.80. The fourth-order valence-electron chi connectivity index (χ4n) is 2.74. The van der Waals surface area contributed by atoms with Gasteiger partial charge in [-0.25, -0.2) is 4.68 Å². The monoisotopic (exact) mass is 243 g/mol. The predicted molar refractivity (Wildman–Crippen MR) is 69.1 cm³/mol. The average molecular weight is 243 g/mol. The third-order valence-electron chi connectivity index (χ3n) is 3.79. The molecule has 1 aliphatic rings. The van der Waals surface area contributed by atoms with Gasteiger partial charge in [0, 0.05) is 5.92 Å². The third-order valence-corrected chi connectivity index (χ3v) is 3.79. The van der Waals surface area contributed by atoms with Gasteiger partial charge >= 0.3 is 0 Å². The van der Waals surface area contributed by atoms with Gasteiger partial charge in [0.05, 0.1) is 5.52 Å². The zero-order chi connectivity index (χ0) is 12.4. The Labute approximate surface area is 106 Å². The molecule has 0 saturated heterocycles. The molecular formula is C14H17N3O. The summed E-state index contributed by atoms with van der Waals surface area (Å²) >= 11 is 0. The number of hydrogen-bond donors (Lipinski definition) is 0. The van der Waals surface area contributed by atoms with Crippen LogP contribution in [0.1, 0.15) is 32.1 Å². The second-order valence-electron chi connectivity index (χ2n) is 5.04. The highest BCUT2D eigenvalue weighted by atomic mass is 16.1. The van der Waals surface area contributed by atoms with Crippen LogP contribution in [-0.4, -0.2) is 20.8 Å². The van der Waals surface area contributed by atoms with Crippen molar-refractivity contribution in [2.45, 2.75) is 38.6 Å². The van der Waals surface area contributed by atoms with Crippen molar-refractivity contribution in [1.29, 1.82) is 0 Å². The van der Waals surface area contributed by atoms with Crippen LogP contribution in [-0.2, 0) is 11.3 Å². The highest BCUT2D eigenvalue weighted by Crippen LogP contribution is 2.25. The van der Waals surface area contributed by atoms with Crippen molar-refractivity contribution in [2.24, 2.45) is 5.92 Å². The molecule has 0 N–H and O–H groups in total. The van der Waals surface area contributed by atoms with Gasteiger partial charge in [0.25, 0.3) is 0 Å². The molecule has 1 aliphatic carbocycles. The first-order valence-corrected chi connectivity index (χ1v) is 6.65. The Bertz CT molecular complexity index is 555. The van der Waals surface area contributed by atoms with E-state index in [4.69, 9.17) is 0 Å². The number of nitrogens with zero attached hydrogens (tertiary/aromatic N) is 3. The van der Waals surface area contributed by atoms with E-state index in [1.54, 1.807) is 4.68 Å². The van der Waals surface area contributed by atoms with E-state index in [9.17, 15) is 4.79 Å². The molecule has 0 aliphatic heterocycles. The molecular weight excluding hydrogens is 226 g/mol. The largest absolute Gasteiger partial charge is 0.297 e. The first-order valence-electron chi connectivity index (χ1n) is 6.65. The van der Waals surface area contributed by atoms with Gasteiger partial charge in [-0.2, -0.15) is 0 Å². The number of carbonyl (C=O) groups is 1. The molecule has 3 rings (SSSR count). The van der Waals surface area contributed by atoms with Gasteiger partial charge in [-0.3, -0.25) is 4.79 Å². The predicted octanol–water partition coefficient (Wildman–Crippen LogP) is 2.58. The van der Waals surface area contributed by atoms with E-state index in [0.29, 0.717) is 12.3 Å². The molecule has 18 heavy (non-hydrogen) atoms. The van der Waals surface area contributed by atoms with E-state index >= 15 is 0 Å². The number of aromatic nitrogens is 3. The minimum atomic E-state index is 0.238. The quantitative estimate of drug-likeness (QED) is 0.832. The summed E-state index contributed by atoms with van der Waals surface area (Å²) in [4.78, 5) is 12.2. The fraction of sp³-hybridized carbons (Fsp3) is 0.500. The standard InChI is InChI=1S/C14H17N3O/c18-14(11-6-2-1-3-7-11)10-17-13-9-5-4-8-12(13)15-16-17/h4-5,8-9,11H,1-3,6-7,10H2. The molecule has 1 heterocycles. The molecule has 1 aromatic carbocycles. The number of para-hydroxylation sites is 1. The van der Waals surface area contributed by atoms with Crippen LogP contribution >= 0.6 is 0 Å². The first-order chi connectivity index (χ1) is 8.84. The topological polar surface area (TPSA) is 47.8 Å². The van der Waals surface area contributed by atoms with Gasteiger partial charge in [-0.1, -0.05) is 36.6 Å². The third kappa shape index (κ3) is 2.15. The molecule has 2 aromatic rings. The van der Waals surface area contributed by atoms with E-state index in [2.05, 4.69) is 10.3 Å². The molecule has 0 spiro atoms. The van der Waals surface area contributed by atoms with Crippen molar-refractivity contribution in [3.8, 4) is 0 Å². The van der Waals surface area contributed by atoms with E-state index in [1.807, 2.05) is 24.3 Å². The number of hydrogen-bond acceptors (Lipinski definition) is 3. The van der Waals surface area contributed by atoms with E-state index in [0.717, 1.165) is 23.9 Å². The fourth-order valence-corrected chi connectivity index (χ4v) is 2.74. The van der Waals surface area contributed by atoms with Crippen molar-refractivity contribution in [3.63, 3.8) is 0 Å². The maximum atomic E-state index is 12.2. The highest BCUT2D eigenvalue weighted by molar-refractivity contribution is 5.83. The SMILES string of the molecule is O=C(Cn1nnc2ccccc21)C1CCCCC1. The molecule has 0 bridgehead atoms. The van der Waals surface area contributed by atoms with Crippen molar-refractivity contribution in [2.75, 3.05) is 0 Å². The lowest BCUT2D eigenvalue weighted by atomic mass is 9.86. The van der Waals surface area contributed by atoms with Crippen molar-refractivity contribution in [3.05, 3.63) is 24.3 Å². The van der Waals surface area contributed by atoms with Crippen LogP contribution in [0.4, 0.5) is 0 Å². The molecule has 4 heteroatoms. The van der Waals surface area contributed by atoms with Crippen LogP contribution < -0.4 is 0 Å². The van der Waals surface area contributed by atoms with Gasteiger partial charge in [0.15, 0.2) is 5.78 Å². The number of rotatable bonds is 3. The Hall–Kier alpha value is -1.71. The molecule has 94 valence electrons. The van der Waals surface area contributed by atoms with E-state index in [1.165, 1.54) is 19.3 Å². The summed E-state index contributed by atoms with van der Waals surface area (Å²) in [5, 5.41) is 8.15. The second-order valence-corrected chi connectivity index (χ2v) is 5.04. The van der Waals surface area contributed by atoms with Gasteiger partial charge in [0.1, 0.15) is 12.1 Å². The number of Topliss-reactive ketones (excluding diaryl/α,β-unsaturated/α-hetero) is 1. The van der Waals surface area contributed by atoms with E-state index in [-0.39, 0.29) is 5.92 Å². The molecule has 0 radical (unpaired) electrons. The van der Waals surface area contributed by atoms with Gasteiger partial charge < -0.3 is 0 Å². The Balaban J connectivity index is 1.77. The van der Waals surface area contributed by atoms with E-state index < -0.39 is 0 Å².